The van der Waals surface area contributed by atoms with Crippen LogP contribution in [0.1, 0.15) is 26.3 Å². The Balaban J connectivity index is 2.45. The van der Waals surface area contributed by atoms with Gasteiger partial charge >= 0.3 is 5.97 Å². The highest BCUT2D eigenvalue weighted by Gasteiger charge is 2.18. The van der Waals surface area contributed by atoms with Crippen molar-refractivity contribution in [1.29, 1.82) is 0 Å². The minimum Gasteiger partial charge on any atom is -0.452 e. The maximum absolute atomic E-state index is 13.0. The Morgan fingerprint density at radius 3 is 2.54 bits per heavy atom. The van der Waals surface area contributed by atoms with E-state index in [9.17, 15) is 18.8 Å². The van der Waals surface area contributed by atoms with Crippen LogP contribution in [0.25, 0.3) is 6.08 Å². The van der Waals surface area contributed by atoms with Gasteiger partial charge in [-0.15, -0.1) is 0 Å². The van der Waals surface area contributed by atoms with E-state index in [0.29, 0.717) is 5.56 Å². The third-order valence-corrected chi connectivity index (χ3v) is 3.30. The van der Waals surface area contributed by atoms with Crippen molar-refractivity contribution in [1.82, 2.24) is 10.2 Å². The van der Waals surface area contributed by atoms with Crippen molar-refractivity contribution < 1.29 is 23.5 Å². The van der Waals surface area contributed by atoms with Crippen LogP contribution in [-0.2, 0) is 19.1 Å². The van der Waals surface area contributed by atoms with Crippen LogP contribution in [0.2, 0.25) is 5.02 Å². The van der Waals surface area contributed by atoms with E-state index < -0.39 is 29.8 Å². The van der Waals surface area contributed by atoms with Crippen molar-refractivity contribution in [2.75, 3.05) is 20.2 Å². The molecule has 0 heterocycles. The summed E-state index contributed by atoms with van der Waals surface area (Å²) in [4.78, 5) is 36.5. The number of carbonyl (C=O) groups is 3. The molecule has 142 valence electrons. The first-order chi connectivity index (χ1) is 12.0. The number of amides is 2. The number of esters is 1. The molecule has 0 saturated carbocycles. The summed E-state index contributed by atoms with van der Waals surface area (Å²) in [5, 5.41) is 2.66. The standard InChI is InChI=1S/C18H22ClFN2O4/c1-18(2,3)21-15(23)10-22(4)16(24)11-26-17(25)8-6-12-5-7-14(20)13(19)9-12/h5-9H,10-11H2,1-4H3,(H,21,23)/b8-6+. The normalized spacial score (nSPS) is 11.3. The van der Waals surface area contributed by atoms with Crippen LogP contribution in [0.15, 0.2) is 24.3 Å². The molecule has 0 atom stereocenters. The molecule has 1 N–H and O–H groups in total. The summed E-state index contributed by atoms with van der Waals surface area (Å²) in [7, 11) is 1.44. The summed E-state index contributed by atoms with van der Waals surface area (Å²) in [5.41, 5.74) is 0.109. The van der Waals surface area contributed by atoms with Crippen molar-refractivity contribution in [3.63, 3.8) is 0 Å². The molecule has 1 rings (SSSR count). The Labute approximate surface area is 156 Å². The molecule has 0 bridgehead atoms. The van der Waals surface area contributed by atoms with Gasteiger partial charge in [-0.1, -0.05) is 17.7 Å². The van der Waals surface area contributed by atoms with E-state index in [1.807, 2.05) is 20.8 Å². The van der Waals surface area contributed by atoms with Gasteiger partial charge in [0.15, 0.2) is 6.61 Å². The molecule has 2 amide bonds. The molecule has 0 spiro atoms. The summed E-state index contributed by atoms with van der Waals surface area (Å²) in [6.07, 6.45) is 2.49. The van der Waals surface area contributed by atoms with Crippen LogP contribution >= 0.6 is 11.6 Å². The maximum atomic E-state index is 13.0. The van der Waals surface area contributed by atoms with Crippen LogP contribution in [0.3, 0.4) is 0 Å². The SMILES string of the molecule is CN(CC(=O)NC(C)(C)C)C(=O)COC(=O)/C=C/c1ccc(F)c(Cl)c1. The lowest BCUT2D eigenvalue weighted by Gasteiger charge is -2.23. The highest BCUT2D eigenvalue weighted by atomic mass is 35.5. The van der Waals surface area contributed by atoms with Crippen LogP contribution < -0.4 is 5.32 Å². The number of halogens is 2. The second-order valence-corrected chi connectivity index (χ2v) is 7.07. The van der Waals surface area contributed by atoms with E-state index >= 15 is 0 Å². The molecule has 0 aliphatic heterocycles. The fourth-order valence-electron chi connectivity index (χ4n) is 1.83. The zero-order valence-electron chi connectivity index (χ0n) is 15.1. The van der Waals surface area contributed by atoms with Gasteiger partial charge in [0, 0.05) is 18.7 Å². The monoisotopic (exact) mass is 384 g/mol. The highest BCUT2D eigenvalue weighted by molar-refractivity contribution is 6.30. The first-order valence-electron chi connectivity index (χ1n) is 7.83. The molecular formula is C18H22ClFN2O4. The number of carbonyl (C=O) groups excluding carboxylic acids is 3. The minimum absolute atomic E-state index is 0.0640. The molecule has 0 saturated heterocycles. The van der Waals surface area contributed by atoms with Gasteiger partial charge in [-0.2, -0.15) is 0 Å². The molecule has 0 fully saturated rings. The predicted octanol–water partition coefficient (Wildman–Crippen LogP) is 2.41. The molecule has 8 heteroatoms. The Morgan fingerprint density at radius 2 is 1.96 bits per heavy atom. The van der Waals surface area contributed by atoms with E-state index in [2.05, 4.69) is 5.32 Å². The average Bonchev–Trinajstić information content (AvgIpc) is 2.51. The second kappa shape index (κ2) is 9.33. The minimum atomic E-state index is -0.744. The fourth-order valence-corrected chi connectivity index (χ4v) is 2.02. The Bertz CT molecular complexity index is 714. The van der Waals surface area contributed by atoms with Crippen LogP contribution in [-0.4, -0.2) is 48.4 Å². The molecule has 1 aromatic carbocycles. The topological polar surface area (TPSA) is 75.7 Å². The molecule has 0 unspecified atom stereocenters. The maximum Gasteiger partial charge on any atom is 0.331 e. The number of nitrogens with zero attached hydrogens (tertiary/aromatic N) is 1. The van der Waals surface area contributed by atoms with Crippen molar-refractivity contribution in [3.05, 3.63) is 40.7 Å². The third-order valence-electron chi connectivity index (χ3n) is 3.01. The molecular weight excluding hydrogens is 363 g/mol. The van der Waals surface area contributed by atoms with Crippen molar-refractivity contribution in [2.45, 2.75) is 26.3 Å². The molecule has 0 radical (unpaired) electrons. The number of hydrogen-bond donors (Lipinski definition) is 1. The largest absolute Gasteiger partial charge is 0.452 e. The second-order valence-electron chi connectivity index (χ2n) is 6.66. The summed E-state index contributed by atoms with van der Waals surface area (Å²) in [6, 6.07) is 3.97. The molecule has 0 aliphatic rings. The molecule has 0 aromatic heterocycles. The molecule has 0 aliphatic carbocycles. The zero-order valence-corrected chi connectivity index (χ0v) is 15.9. The lowest BCUT2D eigenvalue weighted by molar-refractivity contribution is -0.148. The smallest absolute Gasteiger partial charge is 0.331 e. The van der Waals surface area contributed by atoms with Gasteiger partial charge in [0.05, 0.1) is 11.6 Å². The van der Waals surface area contributed by atoms with Crippen LogP contribution in [0, 0.1) is 5.82 Å². The lowest BCUT2D eigenvalue weighted by Crippen LogP contribution is -2.46. The number of rotatable bonds is 6. The van der Waals surface area contributed by atoms with E-state index in [-0.39, 0.29) is 17.5 Å². The Kier molecular flexibility index (Phi) is 7.76. The number of nitrogens with one attached hydrogen (secondary N) is 1. The van der Waals surface area contributed by atoms with Gasteiger partial charge in [0.25, 0.3) is 5.91 Å². The van der Waals surface area contributed by atoms with Crippen molar-refractivity contribution >= 4 is 35.5 Å². The Morgan fingerprint density at radius 1 is 1.31 bits per heavy atom. The van der Waals surface area contributed by atoms with Gasteiger partial charge in [0.2, 0.25) is 5.91 Å². The number of ether oxygens (including phenoxy) is 1. The number of benzene rings is 1. The zero-order chi connectivity index (χ0) is 19.9. The Hall–Kier alpha value is -2.41. The summed E-state index contributed by atoms with van der Waals surface area (Å²) < 4.78 is 17.9. The summed E-state index contributed by atoms with van der Waals surface area (Å²) in [6.45, 7) is 4.85. The first kappa shape index (κ1) is 21.6. The van der Waals surface area contributed by atoms with Crippen LogP contribution in [0.5, 0.6) is 0 Å². The van der Waals surface area contributed by atoms with Gasteiger partial charge < -0.3 is 15.0 Å². The predicted molar refractivity (Wildman–Crippen MR) is 96.9 cm³/mol. The highest BCUT2D eigenvalue weighted by Crippen LogP contribution is 2.16. The van der Waals surface area contributed by atoms with Gasteiger partial charge in [-0.3, -0.25) is 9.59 Å². The lowest BCUT2D eigenvalue weighted by atomic mass is 10.1. The van der Waals surface area contributed by atoms with Crippen LogP contribution in [0.4, 0.5) is 4.39 Å². The number of hydrogen-bond acceptors (Lipinski definition) is 4. The molecule has 1 aromatic rings. The van der Waals surface area contributed by atoms with Crippen molar-refractivity contribution in [3.8, 4) is 0 Å². The molecule has 6 nitrogen and oxygen atoms in total. The summed E-state index contributed by atoms with van der Waals surface area (Å²) >= 11 is 5.64. The molecule has 26 heavy (non-hydrogen) atoms. The quantitative estimate of drug-likeness (QED) is 0.603. The average molecular weight is 385 g/mol. The fraction of sp³-hybridized carbons (Fsp3) is 0.389. The van der Waals surface area contributed by atoms with E-state index in [0.717, 1.165) is 11.0 Å². The van der Waals surface area contributed by atoms with E-state index in [4.69, 9.17) is 16.3 Å². The van der Waals surface area contributed by atoms with Gasteiger partial charge in [-0.25, -0.2) is 9.18 Å². The third kappa shape index (κ3) is 8.11. The summed E-state index contributed by atoms with van der Waals surface area (Å²) in [5.74, 6) is -2.13. The first-order valence-corrected chi connectivity index (χ1v) is 8.20. The van der Waals surface area contributed by atoms with Crippen molar-refractivity contribution in [2.24, 2.45) is 0 Å². The van der Waals surface area contributed by atoms with Gasteiger partial charge in [0.1, 0.15) is 5.82 Å². The van der Waals surface area contributed by atoms with Gasteiger partial charge in [-0.05, 0) is 44.5 Å². The van der Waals surface area contributed by atoms with E-state index in [1.54, 1.807) is 0 Å². The number of likely N-dealkylation sites (N-methyl/N-ethyl adjacent to an activating group) is 1. The van der Waals surface area contributed by atoms with E-state index in [1.165, 1.54) is 31.3 Å².